The van der Waals surface area contributed by atoms with E-state index in [9.17, 15) is 4.79 Å². The van der Waals surface area contributed by atoms with Crippen molar-refractivity contribution >= 4 is 11.6 Å². The van der Waals surface area contributed by atoms with Crippen molar-refractivity contribution in [1.29, 1.82) is 0 Å². The van der Waals surface area contributed by atoms with Gasteiger partial charge in [0.25, 0.3) is 0 Å². The first-order chi connectivity index (χ1) is 8.74. The Morgan fingerprint density at radius 1 is 1.44 bits per heavy atom. The molecule has 0 atom stereocenters. The Morgan fingerprint density at radius 2 is 2.33 bits per heavy atom. The first-order valence-corrected chi connectivity index (χ1v) is 5.81. The van der Waals surface area contributed by atoms with E-state index in [1.54, 1.807) is 18.6 Å². The molecular weight excluding hydrogens is 228 g/mol. The van der Waals surface area contributed by atoms with E-state index in [0.29, 0.717) is 18.7 Å². The smallest absolute Gasteiger partial charge is 0.224 e. The maximum absolute atomic E-state index is 11.7. The van der Waals surface area contributed by atoms with Gasteiger partial charge in [-0.3, -0.25) is 4.79 Å². The number of nitrogens with zero attached hydrogens (tertiary/aromatic N) is 2. The molecule has 0 aliphatic rings. The van der Waals surface area contributed by atoms with Gasteiger partial charge in [0, 0.05) is 31.2 Å². The van der Waals surface area contributed by atoms with E-state index < -0.39 is 0 Å². The number of rotatable bonds is 5. The molecule has 1 amide bonds. The molecule has 0 saturated carbocycles. The standard InChI is InChI=1S/C13H16N4O/c14-12-3-1-2-11(8-12)9-13(18)16-5-7-17-6-4-15-10-17/h1-4,6,8,10H,5,7,9,14H2,(H,16,18). The number of hydrogen-bond acceptors (Lipinski definition) is 3. The van der Waals surface area contributed by atoms with E-state index in [-0.39, 0.29) is 5.91 Å². The fourth-order valence-corrected chi connectivity index (χ4v) is 1.69. The Balaban J connectivity index is 1.75. The third-order valence-electron chi connectivity index (χ3n) is 2.57. The van der Waals surface area contributed by atoms with Crippen LogP contribution < -0.4 is 11.1 Å². The largest absolute Gasteiger partial charge is 0.399 e. The maximum Gasteiger partial charge on any atom is 0.224 e. The fraction of sp³-hybridized carbons (Fsp3) is 0.231. The number of imidazole rings is 1. The summed E-state index contributed by atoms with van der Waals surface area (Å²) in [6, 6.07) is 7.37. The van der Waals surface area contributed by atoms with Gasteiger partial charge >= 0.3 is 0 Å². The Labute approximate surface area is 106 Å². The number of benzene rings is 1. The second kappa shape index (κ2) is 5.86. The number of hydrogen-bond donors (Lipinski definition) is 2. The Morgan fingerprint density at radius 3 is 3.06 bits per heavy atom. The normalized spacial score (nSPS) is 10.2. The lowest BCUT2D eigenvalue weighted by molar-refractivity contribution is -0.120. The minimum atomic E-state index is 0.000662. The molecule has 1 heterocycles. The molecule has 0 aliphatic carbocycles. The van der Waals surface area contributed by atoms with Crippen LogP contribution in [0.15, 0.2) is 43.0 Å². The molecule has 0 unspecified atom stereocenters. The molecule has 3 N–H and O–H groups in total. The highest BCUT2D eigenvalue weighted by atomic mass is 16.1. The molecule has 5 heteroatoms. The van der Waals surface area contributed by atoms with Crippen molar-refractivity contribution < 1.29 is 4.79 Å². The minimum Gasteiger partial charge on any atom is -0.399 e. The summed E-state index contributed by atoms with van der Waals surface area (Å²) in [5.74, 6) is 0.000662. The lowest BCUT2D eigenvalue weighted by Crippen LogP contribution is -2.28. The molecule has 0 radical (unpaired) electrons. The maximum atomic E-state index is 11.7. The number of anilines is 1. The van der Waals surface area contributed by atoms with Crippen LogP contribution in [-0.4, -0.2) is 22.0 Å². The molecule has 5 nitrogen and oxygen atoms in total. The average molecular weight is 244 g/mol. The Hall–Kier alpha value is -2.30. The van der Waals surface area contributed by atoms with Crippen molar-refractivity contribution in [2.45, 2.75) is 13.0 Å². The van der Waals surface area contributed by atoms with Gasteiger partial charge in [0.15, 0.2) is 0 Å². The topological polar surface area (TPSA) is 72.9 Å². The van der Waals surface area contributed by atoms with Crippen molar-refractivity contribution in [1.82, 2.24) is 14.9 Å². The molecule has 0 aliphatic heterocycles. The highest BCUT2D eigenvalue weighted by molar-refractivity contribution is 5.78. The summed E-state index contributed by atoms with van der Waals surface area (Å²) >= 11 is 0. The van der Waals surface area contributed by atoms with Crippen molar-refractivity contribution in [3.05, 3.63) is 48.5 Å². The molecule has 2 rings (SSSR count). The quantitative estimate of drug-likeness (QED) is 0.765. The van der Waals surface area contributed by atoms with Gasteiger partial charge in [-0.2, -0.15) is 0 Å². The van der Waals surface area contributed by atoms with Crippen LogP contribution in [0, 0.1) is 0 Å². The molecule has 1 aromatic carbocycles. The first kappa shape index (κ1) is 12.2. The van der Waals surface area contributed by atoms with E-state index in [1.165, 1.54) is 0 Å². The number of nitrogen functional groups attached to an aromatic ring is 1. The molecule has 0 saturated heterocycles. The van der Waals surface area contributed by atoms with Crippen LogP contribution in [-0.2, 0) is 17.8 Å². The zero-order valence-corrected chi connectivity index (χ0v) is 10.0. The average Bonchev–Trinajstić information content (AvgIpc) is 2.82. The van der Waals surface area contributed by atoms with E-state index in [4.69, 9.17) is 5.73 Å². The summed E-state index contributed by atoms with van der Waals surface area (Å²) in [5.41, 5.74) is 7.26. The monoisotopic (exact) mass is 244 g/mol. The van der Waals surface area contributed by atoms with Gasteiger partial charge in [-0.1, -0.05) is 12.1 Å². The van der Waals surface area contributed by atoms with E-state index in [0.717, 1.165) is 12.1 Å². The second-order valence-electron chi connectivity index (χ2n) is 4.07. The fourth-order valence-electron chi connectivity index (χ4n) is 1.69. The van der Waals surface area contributed by atoms with Gasteiger partial charge in [0.05, 0.1) is 12.7 Å². The van der Waals surface area contributed by atoms with Crippen molar-refractivity contribution in [2.24, 2.45) is 0 Å². The van der Waals surface area contributed by atoms with Crippen LogP contribution in [0.5, 0.6) is 0 Å². The summed E-state index contributed by atoms with van der Waals surface area (Å²) in [5, 5.41) is 2.86. The van der Waals surface area contributed by atoms with E-state index >= 15 is 0 Å². The van der Waals surface area contributed by atoms with Crippen molar-refractivity contribution in [3.8, 4) is 0 Å². The van der Waals surface area contributed by atoms with Crippen LogP contribution in [0.3, 0.4) is 0 Å². The molecule has 2 aromatic rings. The van der Waals surface area contributed by atoms with Crippen LogP contribution in [0.25, 0.3) is 0 Å². The third-order valence-corrected chi connectivity index (χ3v) is 2.57. The van der Waals surface area contributed by atoms with Crippen molar-refractivity contribution in [3.63, 3.8) is 0 Å². The lowest BCUT2D eigenvalue weighted by Gasteiger charge is -2.06. The predicted octanol–water partition coefficient (Wildman–Crippen LogP) is 0.824. The van der Waals surface area contributed by atoms with Gasteiger partial charge in [-0.25, -0.2) is 4.98 Å². The minimum absolute atomic E-state index is 0.000662. The highest BCUT2D eigenvalue weighted by Crippen LogP contribution is 2.06. The van der Waals surface area contributed by atoms with Crippen LogP contribution >= 0.6 is 0 Å². The molecular formula is C13H16N4O. The summed E-state index contributed by atoms with van der Waals surface area (Å²) in [7, 11) is 0. The van der Waals surface area contributed by atoms with E-state index in [2.05, 4.69) is 10.3 Å². The molecule has 94 valence electrons. The van der Waals surface area contributed by atoms with Gasteiger partial charge in [0.2, 0.25) is 5.91 Å². The Kier molecular flexibility index (Phi) is 3.96. The molecule has 18 heavy (non-hydrogen) atoms. The third kappa shape index (κ3) is 3.62. The highest BCUT2D eigenvalue weighted by Gasteiger charge is 2.02. The number of amides is 1. The van der Waals surface area contributed by atoms with Crippen LogP contribution in [0.2, 0.25) is 0 Å². The van der Waals surface area contributed by atoms with E-state index in [1.807, 2.05) is 29.0 Å². The lowest BCUT2D eigenvalue weighted by atomic mass is 10.1. The summed E-state index contributed by atoms with van der Waals surface area (Å²) in [6.45, 7) is 1.32. The zero-order chi connectivity index (χ0) is 12.8. The SMILES string of the molecule is Nc1cccc(CC(=O)NCCn2ccnc2)c1. The van der Waals surface area contributed by atoms with Crippen molar-refractivity contribution in [2.75, 3.05) is 12.3 Å². The second-order valence-corrected chi connectivity index (χ2v) is 4.07. The summed E-state index contributed by atoms with van der Waals surface area (Å²) < 4.78 is 1.92. The molecule has 0 fully saturated rings. The van der Waals surface area contributed by atoms with Gasteiger partial charge < -0.3 is 15.6 Å². The van der Waals surface area contributed by atoms with Crippen LogP contribution in [0.1, 0.15) is 5.56 Å². The predicted molar refractivity (Wildman–Crippen MR) is 69.8 cm³/mol. The van der Waals surface area contributed by atoms with Crippen LogP contribution in [0.4, 0.5) is 5.69 Å². The summed E-state index contributed by atoms with van der Waals surface area (Å²) in [4.78, 5) is 15.6. The zero-order valence-electron chi connectivity index (χ0n) is 10.0. The Bertz CT molecular complexity index is 507. The summed E-state index contributed by atoms with van der Waals surface area (Å²) in [6.07, 6.45) is 5.66. The van der Waals surface area contributed by atoms with Gasteiger partial charge in [0.1, 0.15) is 0 Å². The number of nitrogens with two attached hydrogens (primary N) is 1. The molecule has 1 aromatic heterocycles. The number of carbonyl (C=O) groups is 1. The molecule has 0 spiro atoms. The number of aromatic nitrogens is 2. The number of carbonyl (C=O) groups excluding carboxylic acids is 1. The number of nitrogens with one attached hydrogen (secondary N) is 1. The van der Waals surface area contributed by atoms with Gasteiger partial charge in [-0.05, 0) is 17.7 Å². The van der Waals surface area contributed by atoms with Gasteiger partial charge in [-0.15, -0.1) is 0 Å². The first-order valence-electron chi connectivity index (χ1n) is 5.81. The molecule has 0 bridgehead atoms.